The fourth-order valence-corrected chi connectivity index (χ4v) is 4.37. The number of carbonyl (C=O) groups excluding carboxylic acids is 1. The number of benzene rings is 2. The number of ether oxygens (including phenoxy) is 3. The summed E-state index contributed by atoms with van der Waals surface area (Å²) in [5, 5.41) is 110. The smallest absolute Gasteiger partial charge is 0.343 e. The minimum atomic E-state index is -2.63. The van der Waals surface area contributed by atoms with Crippen LogP contribution in [0.4, 0.5) is 0 Å². The Kier molecular flexibility index (Phi) is 9.64. The second-order valence-electron chi connectivity index (χ2n) is 10.1. The molecule has 2 aromatic carbocycles. The van der Waals surface area contributed by atoms with Gasteiger partial charge in [0.05, 0.1) is 12.7 Å². The molecule has 1 saturated heterocycles. The van der Waals surface area contributed by atoms with E-state index >= 15 is 0 Å². The summed E-state index contributed by atoms with van der Waals surface area (Å²) in [5.74, 6) is -5.85. The number of aliphatic hydroxyl groups is 7. The summed E-state index contributed by atoms with van der Waals surface area (Å²) in [6, 6.07) is 4.79. The van der Waals surface area contributed by atoms with E-state index in [1.807, 2.05) is 0 Å². The Morgan fingerprint density at radius 1 is 0.886 bits per heavy atom. The molecule has 3 aromatic rings. The first-order valence-corrected chi connectivity index (χ1v) is 12.9. The molecule has 0 spiro atoms. The fourth-order valence-electron chi connectivity index (χ4n) is 4.37. The summed E-state index contributed by atoms with van der Waals surface area (Å²) in [4.78, 5) is 26.1. The number of hydrogen-bond donors (Lipinski definition) is 11. The van der Waals surface area contributed by atoms with Crippen LogP contribution in [0.1, 0.15) is 6.92 Å². The summed E-state index contributed by atoms with van der Waals surface area (Å²) in [6.45, 7) is 0.496. The van der Waals surface area contributed by atoms with Gasteiger partial charge in [-0.2, -0.15) is 0 Å². The maximum Gasteiger partial charge on any atom is 0.343 e. The van der Waals surface area contributed by atoms with Gasteiger partial charge in [-0.05, 0) is 25.1 Å². The molecule has 240 valence electrons. The monoisotopic (exact) mass is 626 g/mol. The summed E-state index contributed by atoms with van der Waals surface area (Å²) in [5.41, 5.74) is -1.76. The van der Waals surface area contributed by atoms with E-state index in [9.17, 15) is 65.8 Å². The Bertz CT molecular complexity index is 1570. The van der Waals surface area contributed by atoms with Crippen LogP contribution in [0.15, 0.2) is 39.5 Å². The summed E-state index contributed by atoms with van der Waals surface area (Å²) in [6.07, 6.45) is -16.8. The highest BCUT2D eigenvalue weighted by molar-refractivity contribution is 5.90. The lowest BCUT2D eigenvalue weighted by molar-refractivity contribution is -0.299. The molecule has 0 amide bonds. The standard InChI is InChI=1S/C27H30O17/c1-8-17(33)20(36)23(39)27(42-8)41-7-14(32)18(34)21(37)22(38)26(40)44-25-19(35)16-13(31)5-10(28)6-15(16)43-24(25)9-2-3-11(29)12(30)4-9/h2-6,8,14,17-18,20-23,27-34,36-39H,7H2,1H3/t8-,14-,17-,18-,20+,21+,22-,23+,27+/m0/s1. The van der Waals surface area contributed by atoms with Crippen LogP contribution in [0.3, 0.4) is 0 Å². The maximum absolute atomic E-state index is 13.3. The van der Waals surface area contributed by atoms with Crippen molar-refractivity contribution in [2.45, 2.75) is 62.0 Å². The van der Waals surface area contributed by atoms with E-state index in [2.05, 4.69) is 0 Å². The normalized spacial score (nSPS) is 24.9. The zero-order chi connectivity index (χ0) is 32.6. The first-order valence-electron chi connectivity index (χ1n) is 12.9. The van der Waals surface area contributed by atoms with Crippen molar-refractivity contribution >= 4 is 16.9 Å². The maximum atomic E-state index is 13.3. The van der Waals surface area contributed by atoms with Gasteiger partial charge in [0.2, 0.25) is 11.2 Å². The molecular formula is C27H30O17. The molecule has 4 rings (SSSR count). The number of rotatable bonds is 9. The molecule has 1 aromatic heterocycles. The molecule has 0 saturated carbocycles. The molecule has 11 N–H and O–H groups in total. The zero-order valence-electron chi connectivity index (χ0n) is 22.7. The lowest BCUT2D eigenvalue weighted by Gasteiger charge is -2.39. The SMILES string of the molecule is C[C@@H]1O[C@@H](OC[C@H](O)[C@H](O)[C@@H](O)[C@H](O)C(=O)Oc2c(-c3ccc(O)c(O)c3)oc3cc(O)cc(O)c3c2=O)[C@H](O)[C@H](O)[C@H]1O. The van der Waals surface area contributed by atoms with Crippen molar-refractivity contribution in [3.8, 4) is 40.1 Å². The Morgan fingerprint density at radius 3 is 2.23 bits per heavy atom. The first-order chi connectivity index (χ1) is 20.6. The number of phenolic OH excluding ortho intramolecular Hbond substituents is 4. The summed E-state index contributed by atoms with van der Waals surface area (Å²) < 4.78 is 20.9. The second kappa shape index (κ2) is 12.9. The molecule has 0 bridgehead atoms. The molecule has 1 aliphatic heterocycles. The van der Waals surface area contributed by atoms with Gasteiger partial charge < -0.3 is 74.8 Å². The van der Waals surface area contributed by atoms with E-state index < -0.39 is 119 Å². The highest BCUT2D eigenvalue weighted by atomic mass is 16.7. The highest BCUT2D eigenvalue weighted by Gasteiger charge is 2.43. The number of hydrogen-bond acceptors (Lipinski definition) is 17. The van der Waals surface area contributed by atoms with Crippen LogP contribution in [-0.2, 0) is 14.3 Å². The Morgan fingerprint density at radius 2 is 1.57 bits per heavy atom. The quantitative estimate of drug-likeness (QED) is 0.0862. The number of phenols is 4. The number of aliphatic hydroxyl groups excluding tert-OH is 7. The Hall–Kier alpha value is -4.04. The molecule has 1 aliphatic rings. The van der Waals surface area contributed by atoms with Crippen LogP contribution in [0.2, 0.25) is 0 Å². The molecule has 2 heterocycles. The number of esters is 1. The third kappa shape index (κ3) is 6.41. The minimum absolute atomic E-state index is 0.161. The molecule has 0 aliphatic carbocycles. The number of fused-ring (bicyclic) bond motifs is 1. The van der Waals surface area contributed by atoms with Crippen molar-refractivity contribution in [3.63, 3.8) is 0 Å². The van der Waals surface area contributed by atoms with Crippen LogP contribution >= 0.6 is 0 Å². The van der Waals surface area contributed by atoms with Crippen LogP contribution in [0.5, 0.6) is 28.7 Å². The third-order valence-electron chi connectivity index (χ3n) is 6.91. The van der Waals surface area contributed by atoms with Crippen molar-refractivity contribution in [2.75, 3.05) is 6.61 Å². The van der Waals surface area contributed by atoms with Crippen LogP contribution in [0, 0.1) is 0 Å². The predicted octanol–water partition coefficient (Wildman–Crippen LogP) is -2.52. The van der Waals surface area contributed by atoms with Gasteiger partial charge in [-0.25, -0.2) is 4.79 Å². The molecule has 1 fully saturated rings. The Labute approximate surface area is 246 Å². The summed E-state index contributed by atoms with van der Waals surface area (Å²) in [7, 11) is 0. The van der Waals surface area contributed by atoms with Crippen molar-refractivity contribution in [3.05, 3.63) is 40.6 Å². The Balaban J connectivity index is 1.55. The zero-order valence-corrected chi connectivity index (χ0v) is 22.7. The van der Waals surface area contributed by atoms with Gasteiger partial charge in [0.15, 0.2) is 29.7 Å². The van der Waals surface area contributed by atoms with Gasteiger partial charge in [-0.1, -0.05) is 0 Å². The van der Waals surface area contributed by atoms with Gasteiger partial charge in [0, 0.05) is 17.7 Å². The molecule has 9 atom stereocenters. The average Bonchev–Trinajstić information content (AvgIpc) is 2.98. The van der Waals surface area contributed by atoms with Crippen molar-refractivity contribution in [1.82, 2.24) is 0 Å². The van der Waals surface area contributed by atoms with E-state index in [1.54, 1.807) is 0 Å². The molecule has 44 heavy (non-hydrogen) atoms. The van der Waals surface area contributed by atoms with E-state index in [0.29, 0.717) is 0 Å². The van der Waals surface area contributed by atoms with Gasteiger partial charge in [-0.15, -0.1) is 0 Å². The van der Waals surface area contributed by atoms with Gasteiger partial charge >= 0.3 is 5.97 Å². The van der Waals surface area contributed by atoms with Crippen molar-refractivity contribution < 1.29 is 79.6 Å². The van der Waals surface area contributed by atoms with E-state index in [0.717, 1.165) is 30.3 Å². The second-order valence-corrected chi connectivity index (χ2v) is 10.1. The van der Waals surface area contributed by atoms with Gasteiger partial charge in [-0.3, -0.25) is 4.79 Å². The van der Waals surface area contributed by atoms with Crippen molar-refractivity contribution in [1.29, 1.82) is 0 Å². The number of carbonyl (C=O) groups is 1. The van der Waals surface area contributed by atoms with Gasteiger partial charge in [0.25, 0.3) is 0 Å². The molecular weight excluding hydrogens is 596 g/mol. The third-order valence-corrected chi connectivity index (χ3v) is 6.91. The fraction of sp³-hybridized carbons (Fsp3) is 0.407. The summed E-state index contributed by atoms with van der Waals surface area (Å²) >= 11 is 0. The van der Waals surface area contributed by atoms with E-state index in [1.165, 1.54) is 6.92 Å². The van der Waals surface area contributed by atoms with E-state index in [-0.39, 0.29) is 5.56 Å². The molecule has 0 unspecified atom stereocenters. The predicted molar refractivity (Wildman–Crippen MR) is 143 cm³/mol. The lowest BCUT2D eigenvalue weighted by atomic mass is 10.00. The van der Waals surface area contributed by atoms with Crippen molar-refractivity contribution in [2.24, 2.45) is 0 Å². The molecule has 0 radical (unpaired) electrons. The van der Waals surface area contributed by atoms with Crippen LogP contribution in [-0.4, -0.2) is 124 Å². The largest absolute Gasteiger partial charge is 0.508 e. The average molecular weight is 627 g/mol. The lowest BCUT2D eigenvalue weighted by Crippen LogP contribution is -2.58. The topological polar surface area (TPSA) is 298 Å². The number of aromatic hydroxyl groups is 4. The molecule has 17 heteroatoms. The van der Waals surface area contributed by atoms with Gasteiger partial charge in [0.1, 0.15) is 59.1 Å². The minimum Gasteiger partial charge on any atom is -0.508 e. The van der Waals surface area contributed by atoms with Crippen LogP contribution < -0.4 is 10.2 Å². The first kappa shape index (κ1) is 32.9. The van der Waals surface area contributed by atoms with E-state index in [4.69, 9.17) is 18.6 Å². The van der Waals surface area contributed by atoms with Crippen LogP contribution in [0.25, 0.3) is 22.3 Å². The molecule has 17 nitrogen and oxygen atoms in total. The highest BCUT2D eigenvalue weighted by Crippen LogP contribution is 2.38.